The van der Waals surface area contributed by atoms with Gasteiger partial charge >= 0.3 is 6.61 Å². The van der Waals surface area contributed by atoms with Gasteiger partial charge in [-0.2, -0.15) is 13.8 Å². The van der Waals surface area contributed by atoms with Gasteiger partial charge in [-0.15, -0.1) is 0 Å². The molecule has 0 N–H and O–H groups in total. The molecule has 0 bridgehead atoms. The largest absolute Gasteiger partial charge is 0.492 e. The maximum atomic E-state index is 12.5. The maximum Gasteiger partial charge on any atom is 0.387 e. The van der Waals surface area contributed by atoms with Gasteiger partial charge in [-0.05, 0) is 37.4 Å². The molecule has 0 atom stereocenters. The molecule has 0 unspecified atom stereocenters. The number of hydrogen-bond acceptors (Lipinski definition) is 6. The molecule has 9 heteroatoms. The molecule has 0 aliphatic rings. The van der Waals surface area contributed by atoms with Gasteiger partial charge in [-0.25, -0.2) is 0 Å². The van der Waals surface area contributed by atoms with E-state index in [-0.39, 0.29) is 11.6 Å². The van der Waals surface area contributed by atoms with E-state index < -0.39 is 6.61 Å². The molecule has 6 nitrogen and oxygen atoms in total. The summed E-state index contributed by atoms with van der Waals surface area (Å²) in [6, 6.07) is 13.5. The number of nitrogens with zero attached hydrogens (tertiary/aromatic N) is 3. The Morgan fingerprint density at radius 1 is 1.18 bits per heavy atom. The van der Waals surface area contributed by atoms with Crippen molar-refractivity contribution < 1.29 is 22.8 Å². The van der Waals surface area contributed by atoms with Crippen LogP contribution in [-0.4, -0.2) is 41.9 Å². The summed E-state index contributed by atoms with van der Waals surface area (Å²) in [7, 11) is 1.87. The normalized spacial score (nSPS) is 11.2. The Morgan fingerprint density at radius 3 is 2.79 bits per heavy atom. The minimum absolute atomic E-state index is 0.00636. The van der Waals surface area contributed by atoms with Crippen LogP contribution in [0, 0.1) is 0 Å². The van der Waals surface area contributed by atoms with E-state index in [0.29, 0.717) is 41.9 Å². The highest BCUT2D eigenvalue weighted by atomic mass is 35.5. The first-order valence-corrected chi connectivity index (χ1v) is 8.83. The summed E-state index contributed by atoms with van der Waals surface area (Å²) in [5.74, 6) is 1.23. The van der Waals surface area contributed by atoms with E-state index in [4.69, 9.17) is 20.9 Å². The molecule has 0 amide bonds. The Bertz CT molecular complexity index is 907. The van der Waals surface area contributed by atoms with E-state index in [9.17, 15) is 8.78 Å². The molecule has 0 radical (unpaired) electrons. The average Bonchev–Trinajstić information content (AvgIpc) is 3.10. The molecular formula is C19H18ClF2N3O3. The van der Waals surface area contributed by atoms with Gasteiger partial charge in [0, 0.05) is 11.6 Å². The van der Waals surface area contributed by atoms with Crippen molar-refractivity contribution in [1.82, 2.24) is 15.0 Å². The second-order valence-electron chi connectivity index (χ2n) is 5.93. The van der Waals surface area contributed by atoms with E-state index in [1.165, 1.54) is 6.07 Å². The standard InChI is InChI=1S/C19H18ClF2N3O3/c1-25(9-10-26-14-6-4-5-13(20)11-14)12-17-23-18(24-28-17)15-7-2-3-8-16(15)27-19(21)22/h2-8,11,19H,9-10,12H2,1H3. The molecule has 0 spiro atoms. The molecule has 1 heterocycles. The Hall–Kier alpha value is -2.71. The molecule has 148 valence electrons. The number of rotatable bonds is 9. The molecular weight excluding hydrogens is 392 g/mol. The first-order valence-electron chi connectivity index (χ1n) is 8.45. The van der Waals surface area contributed by atoms with Crippen LogP contribution in [-0.2, 0) is 6.54 Å². The number of aromatic nitrogens is 2. The quantitative estimate of drug-likeness (QED) is 0.518. The zero-order valence-electron chi connectivity index (χ0n) is 15.0. The first kappa shape index (κ1) is 20.0. The lowest BCUT2D eigenvalue weighted by Crippen LogP contribution is -2.24. The number of ether oxygens (including phenoxy) is 2. The molecule has 3 rings (SSSR count). The lowest BCUT2D eigenvalue weighted by Gasteiger charge is -2.14. The van der Waals surface area contributed by atoms with Crippen molar-refractivity contribution in [3.8, 4) is 22.9 Å². The third-order valence-electron chi connectivity index (χ3n) is 3.76. The van der Waals surface area contributed by atoms with E-state index >= 15 is 0 Å². The Morgan fingerprint density at radius 2 is 2.00 bits per heavy atom. The molecule has 0 saturated heterocycles. The molecule has 28 heavy (non-hydrogen) atoms. The van der Waals surface area contributed by atoms with Gasteiger partial charge in [0.2, 0.25) is 11.7 Å². The lowest BCUT2D eigenvalue weighted by atomic mass is 10.2. The van der Waals surface area contributed by atoms with Crippen LogP contribution in [0.4, 0.5) is 8.78 Å². The molecule has 0 saturated carbocycles. The van der Waals surface area contributed by atoms with Crippen LogP contribution in [0.1, 0.15) is 5.89 Å². The Labute approximate surface area is 165 Å². The van der Waals surface area contributed by atoms with Crippen LogP contribution in [0.2, 0.25) is 5.02 Å². The van der Waals surface area contributed by atoms with Crippen molar-refractivity contribution >= 4 is 11.6 Å². The van der Waals surface area contributed by atoms with Gasteiger partial charge in [0.05, 0.1) is 12.1 Å². The van der Waals surface area contributed by atoms with Crippen LogP contribution < -0.4 is 9.47 Å². The minimum atomic E-state index is -2.93. The fourth-order valence-corrected chi connectivity index (χ4v) is 2.64. The molecule has 0 aliphatic heterocycles. The third kappa shape index (κ3) is 5.64. The second kappa shape index (κ2) is 9.48. The smallest absolute Gasteiger partial charge is 0.387 e. The predicted octanol–water partition coefficient (Wildman–Crippen LogP) is 4.50. The third-order valence-corrected chi connectivity index (χ3v) is 3.99. The monoisotopic (exact) mass is 409 g/mol. The summed E-state index contributed by atoms with van der Waals surface area (Å²) in [5.41, 5.74) is 0.338. The summed E-state index contributed by atoms with van der Waals surface area (Å²) >= 11 is 5.92. The molecule has 1 aromatic heterocycles. The number of benzene rings is 2. The maximum absolute atomic E-state index is 12.5. The highest BCUT2D eigenvalue weighted by Gasteiger charge is 2.16. The van der Waals surface area contributed by atoms with Gasteiger partial charge in [-0.1, -0.05) is 35.0 Å². The Balaban J connectivity index is 1.56. The van der Waals surface area contributed by atoms with Crippen molar-refractivity contribution in [3.05, 3.63) is 59.4 Å². The number of likely N-dealkylation sites (N-methyl/N-ethyl adjacent to an activating group) is 1. The number of hydrogen-bond donors (Lipinski definition) is 0. The first-order chi connectivity index (χ1) is 13.5. The average molecular weight is 410 g/mol. The van der Waals surface area contributed by atoms with Crippen molar-refractivity contribution in [1.29, 1.82) is 0 Å². The van der Waals surface area contributed by atoms with E-state index in [1.54, 1.807) is 30.3 Å². The van der Waals surface area contributed by atoms with Crippen molar-refractivity contribution in [3.63, 3.8) is 0 Å². The second-order valence-corrected chi connectivity index (χ2v) is 6.37. The van der Waals surface area contributed by atoms with E-state index in [1.807, 2.05) is 24.1 Å². The summed E-state index contributed by atoms with van der Waals surface area (Å²) in [5, 5.41) is 4.47. The van der Waals surface area contributed by atoms with E-state index in [2.05, 4.69) is 14.9 Å². The molecule has 3 aromatic rings. The summed E-state index contributed by atoms with van der Waals surface area (Å²) in [6.07, 6.45) is 0. The van der Waals surface area contributed by atoms with Crippen molar-refractivity contribution in [2.75, 3.05) is 20.2 Å². The molecule has 2 aromatic carbocycles. The highest BCUT2D eigenvalue weighted by Crippen LogP contribution is 2.28. The SMILES string of the molecule is CN(CCOc1cccc(Cl)c1)Cc1nc(-c2ccccc2OC(F)F)no1. The zero-order chi connectivity index (χ0) is 19.9. The number of para-hydroxylation sites is 1. The summed E-state index contributed by atoms with van der Waals surface area (Å²) in [6.45, 7) is -1.50. The van der Waals surface area contributed by atoms with Gasteiger partial charge in [0.1, 0.15) is 18.1 Å². The van der Waals surface area contributed by atoms with Crippen molar-refractivity contribution in [2.24, 2.45) is 0 Å². The van der Waals surface area contributed by atoms with Gasteiger partial charge in [0.25, 0.3) is 0 Å². The topological polar surface area (TPSA) is 60.6 Å². The molecule has 0 fully saturated rings. The van der Waals surface area contributed by atoms with Crippen molar-refractivity contribution in [2.45, 2.75) is 13.2 Å². The summed E-state index contributed by atoms with van der Waals surface area (Å²) in [4.78, 5) is 6.20. The van der Waals surface area contributed by atoms with Gasteiger partial charge in [-0.3, -0.25) is 4.90 Å². The highest BCUT2D eigenvalue weighted by molar-refractivity contribution is 6.30. The lowest BCUT2D eigenvalue weighted by molar-refractivity contribution is -0.0494. The zero-order valence-corrected chi connectivity index (χ0v) is 15.8. The fraction of sp³-hybridized carbons (Fsp3) is 0.263. The number of halogens is 3. The summed E-state index contributed by atoms with van der Waals surface area (Å²) < 4.78 is 40.5. The number of alkyl halides is 2. The minimum Gasteiger partial charge on any atom is -0.492 e. The van der Waals surface area contributed by atoms with Crippen LogP contribution in [0.3, 0.4) is 0 Å². The van der Waals surface area contributed by atoms with Crippen LogP contribution in [0.5, 0.6) is 11.5 Å². The van der Waals surface area contributed by atoms with Gasteiger partial charge < -0.3 is 14.0 Å². The van der Waals surface area contributed by atoms with E-state index in [0.717, 1.165) is 0 Å². The predicted molar refractivity (Wildman–Crippen MR) is 99.6 cm³/mol. The van der Waals surface area contributed by atoms with Crippen LogP contribution in [0.25, 0.3) is 11.4 Å². The van der Waals surface area contributed by atoms with Gasteiger partial charge in [0.15, 0.2) is 0 Å². The fourth-order valence-electron chi connectivity index (χ4n) is 2.46. The van der Waals surface area contributed by atoms with Crippen LogP contribution >= 0.6 is 11.6 Å². The Kier molecular flexibility index (Phi) is 6.78. The molecule has 0 aliphatic carbocycles. The van der Waals surface area contributed by atoms with Crippen LogP contribution in [0.15, 0.2) is 53.1 Å².